The van der Waals surface area contributed by atoms with Gasteiger partial charge in [-0.25, -0.2) is 0 Å². The molecule has 0 saturated heterocycles. The van der Waals surface area contributed by atoms with Gasteiger partial charge < -0.3 is 0 Å². The van der Waals surface area contributed by atoms with Gasteiger partial charge in [-0.1, -0.05) is 61.7 Å². The lowest BCUT2D eigenvalue weighted by molar-refractivity contribution is 0.555. The average molecular weight is 467 g/mol. The topological polar surface area (TPSA) is 0 Å². The molecule has 0 spiro atoms. The SMILES string of the molecule is Cc1cccc(C(CBr)(CBr)Cc2sccc2Br)c1. The van der Waals surface area contributed by atoms with E-state index in [9.17, 15) is 0 Å². The van der Waals surface area contributed by atoms with Crippen LogP contribution >= 0.6 is 59.1 Å². The first-order valence-electron chi connectivity index (χ1n) is 6.02. The maximum Gasteiger partial charge on any atom is 0.0314 e. The van der Waals surface area contributed by atoms with Crippen molar-refractivity contribution in [2.24, 2.45) is 0 Å². The smallest absolute Gasteiger partial charge is 0.0314 e. The summed E-state index contributed by atoms with van der Waals surface area (Å²) in [4.78, 5) is 1.40. The fraction of sp³-hybridized carbons (Fsp3) is 0.333. The van der Waals surface area contributed by atoms with Crippen molar-refractivity contribution in [3.63, 3.8) is 0 Å². The minimum atomic E-state index is 0.0966. The Labute approximate surface area is 144 Å². The molecule has 2 rings (SSSR count). The van der Waals surface area contributed by atoms with Gasteiger partial charge in [0.05, 0.1) is 0 Å². The van der Waals surface area contributed by atoms with Crippen LogP contribution in [0.15, 0.2) is 40.2 Å². The molecule has 0 bridgehead atoms. The summed E-state index contributed by atoms with van der Waals surface area (Å²) in [6, 6.07) is 11.0. The monoisotopic (exact) mass is 464 g/mol. The summed E-state index contributed by atoms with van der Waals surface area (Å²) in [5, 5.41) is 4.03. The van der Waals surface area contributed by atoms with E-state index in [-0.39, 0.29) is 5.41 Å². The summed E-state index contributed by atoms with van der Waals surface area (Å²) in [5.41, 5.74) is 2.80. The van der Waals surface area contributed by atoms with E-state index in [0.717, 1.165) is 17.1 Å². The molecule has 0 fully saturated rings. The van der Waals surface area contributed by atoms with Crippen molar-refractivity contribution in [1.29, 1.82) is 0 Å². The number of thiophene rings is 1. The molecule has 4 heteroatoms. The van der Waals surface area contributed by atoms with Crippen LogP contribution in [-0.4, -0.2) is 10.7 Å². The van der Waals surface area contributed by atoms with Gasteiger partial charge in [-0.05, 0) is 46.3 Å². The molecule has 0 saturated carbocycles. The zero-order chi connectivity index (χ0) is 13.9. The lowest BCUT2D eigenvalue weighted by atomic mass is 9.80. The summed E-state index contributed by atoms with van der Waals surface area (Å²) in [5.74, 6) is 0. The van der Waals surface area contributed by atoms with Gasteiger partial charge in [-0.15, -0.1) is 11.3 Å². The van der Waals surface area contributed by atoms with Crippen molar-refractivity contribution in [3.8, 4) is 0 Å². The van der Waals surface area contributed by atoms with E-state index in [2.05, 4.69) is 90.4 Å². The maximum absolute atomic E-state index is 3.72. The maximum atomic E-state index is 3.72. The van der Waals surface area contributed by atoms with Crippen LogP contribution in [0.3, 0.4) is 0 Å². The molecule has 0 amide bonds. The molecule has 0 radical (unpaired) electrons. The minimum Gasteiger partial charge on any atom is -0.148 e. The Bertz CT molecular complexity index is 544. The number of hydrogen-bond donors (Lipinski definition) is 0. The molecule has 1 heterocycles. The molecule has 0 N–H and O–H groups in total. The van der Waals surface area contributed by atoms with Gasteiger partial charge in [-0.2, -0.15) is 0 Å². The second kappa shape index (κ2) is 6.88. The molecular weight excluding hydrogens is 452 g/mol. The predicted molar refractivity (Wildman–Crippen MR) is 96.2 cm³/mol. The van der Waals surface area contributed by atoms with Gasteiger partial charge in [0, 0.05) is 25.4 Å². The summed E-state index contributed by atoms with van der Waals surface area (Å²) in [6.07, 6.45) is 1.03. The highest BCUT2D eigenvalue weighted by Gasteiger charge is 2.31. The van der Waals surface area contributed by atoms with E-state index < -0.39 is 0 Å². The minimum absolute atomic E-state index is 0.0966. The molecule has 0 aliphatic carbocycles. The van der Waals surface area contributed by atoms with Gasteiger partial charge in [-0.3, -0.25) is 0 Å². The second-order valence-electron chi connectivity index (χ2n) is 4.79. The van der Waals surface area contributed by atoms with E-state index in [1.807, 2.05) is 11.3 Å². The normalized spacial score (nSPS) is 11.8. The fourth-order valence-corrected chi connectivity index (χ4v) is 5.73. The van der Waals surface area contributed by atoms with E-state index in [1.165, 1.54) is 20.5 Å². The van der Waals surface area contributed by atoms with Crippen molar-refractivity contribution in [2.75, 3.05) is 10.7 Å². The highest BCUT2D eigenvalue weighted by atomic mass is 79.9. The van der Waals surface area contributed by atoms with Crippen LogP contribution in [0.4, 0.5) is 0 Å². The van der Waals surface area contributed by atoms with E-state index in [0.29, 0.717) is 0 Å². The summed E-state index contributed by atoms with van der Waals surface area (Å²) >= 11 is 12.9. The molecule has 1 aromatic carbocycles. The van der Waals surface area contributed by atoms with Crippen LogP contribution in [0.1, 0.15) is 16.0 Å². The average Bonchev–Trinajstić information content (AvgIpc) is 2.81. The van der Waals surface area contributed by atoms with Crippen molar-refractivity contribution >= 4 is 59.1 Å². The van der Waals surface area contributed by atoms with E-state index in [1.54, 1.807) is 0 Å². The first kappa shape index (κ1) is 15.7. The molecule has 0 aliphatic heterocycles. The molecule has 0 unspecified atom stereocenters. The number of aryl methyl sites for hydroxylation is 1. The third kappa shape index (κ3) is 3.52. The number of halogens is 3. The van der Waals surface area contributed by atoms with E-state index >= 15 is 0 Å². The number of benzene rings is 1. The number of alkyl halides is 2. The predicted octanol–water partition coefficient (Wildman–Crippen LogP) is 6.09. The number of rotatable bonds is 5. The second-order valence-corrected chi connectivity index (χ2v) is 7.76. The first-order chi connectivity index (χ1) is 9.11. The highest BCUT2D eigenvalue weighted by Crippen LogP contribution is 2.37. The van der Waals surface area contributed by atoms with Crippen LogP contribution in [0.5, 0.6) is 0 Å². The molecule has 1 aromatic heterocycles. The van der Waals surface area contributed by atoms with Gasteiger partial charge in [0.1, 0.15) is 0 Å². The Balaban J connectivity index is 2.40. The summed E-state index contributed by atoms with van der Waals surface area (Å²) < 4.78 is 1.22. The van der Waals surface area contributed by atoms with Crippen molar-refractivity contribution in [3.05, 3.63) is 56.2 Å². The van der Waals surface area contributed by atoms with E-state index in [4.69, 9.17) is 0 Å². The fourth-order valence-electron chi connectivity index (χ4n) is 2.12. The standard InChI is InChI=1S/C15H15Br3S/c1-11-3-2-4-12(7-11)15(9-16,10-17)8-14-13(18)5-6-19-14/h2-7H,8-10H2,1H3. The zero-order valence-electron chi connectivity index (χ0n) is 10.6. The third-order valence-corrected chi connectivity index (χ3v) is 7.41. The van der Waals surface area contributed by atoms with Crippen LogP contribution in [0, 0.1) is 6.92 Å². The van der Waals surface area contributed by atoms with Gasteiger partial charge >= 0.3 is 0 Å². The molecule has 0 aliphatic rings. The summed E-state index contributed by atoms with van der Waals surface area (Å²) in [7, 11) is 0. The molecular formula is C15H15Br3S. The Morgan fingerprint density at radius 1 is 1.16 bits per heavy atom. The van der Waals surface area contributed by atoms with Gasteiger partial charge in [0.2, 0.25) is 0 Å². The lowest BCUT2D eigenvalue weighted by Crippen LogP contribution is -2.32. The molecule has 0 atom stereocenters. The van der Waals surface area contributed by atoms with Gasteiger partial charge in [0.15, 0.2) is 0 Å². The highest BCUT2D eigenvalue weighted by molar-refractivity contribution is 9.10. The van der Waals surface area contributed by atoms with Crippen molar-refractivity contribution in [2.45, 2.75) is 18.8 Å². The zero-order valence-corrected chi connectivity index (χ0v) is 16.2. The van der Waals surface area contributed by atoms with Crippen LogP contribution in [0.2, 0.25) is 0 Å². The van der Waals surface area contributed by atoms with Gasteiger partial charge in [0.25, 0.3) is 0 Å². The lowest BCUT2D eigenvalue weighted by Gasteiger charge is -2.31. The quantitative estimate of drug-likeness (QED) is 0.468. The van der Waals surface area contributed by atoms with Crippen LogP contribution < -0.4 is 0 Å². The molecule has 19 heavy (non-hydrogen) atoms. The summed E-state index contributed by atoms with van der Waals surface area (Å²) in [6.45, 7) is 2.15. The largest absolute Gasteiger partial charge is 0.148 e. The Morgan fingerprint density at radius 3 is 2.42 bits per heavy atom. The Hall–Kier alpha value is 0.360. The Kier molecular flexibility index (Phi) is 5.70. The van der Waals surface area contributed by atoms with Crippen molar-refractivity contribution in [1.82, 2.24) is 0 Å². The molecule has 102 valence electrons. The molecule has 2 aromatic rings. The number of hydrogen-bond acceptors (Lipinski definition) is 1. The molecule has 0 nitrogen and oxygen atoms in total. The van der Waals surface area contributed by atoms with Crippen molar-refractivity contribution < 1.29 is 0 Å². The first-order valence-corrected chi connectivity index (χ1v) is 9.94. The van der Waals surface area contributed by atoms with Crippen LogP contribution in [0.25, 0.3) is 0 Å². The Morgan fingerprint density at radius 2 is 1.89 bits per heavy atom. The van der Waals surface area contributed by atoms with Crippen LogP contribution in [-0.2, 0) is 11.8 Å². The third-order valence-electron chi connectivity index (χ3n) is 3.33.